The molecule has 1 saturated heterocycles. The number of hydrogen-bond donors (Lipinski definition) is 1. The molecule has 1 aliphatic rings. The predicted molar refractivity (Wildman–Crippen MR) is 122 cm³/mol. The van der Waals surface area contributed by atoms with Crippen molar-refractivity contribution in [2.75, 3.05) is 52.3 Å². The van der Waals surface area contributed by atoms with E-state index < -0.39 is 10.0 Å². The van der Waals surface area contributed by atoms with Crippen molar-refractivity contribution in [2.45, 2.75) is 11.3 Å². The number of methoxy groups -OCH3 is 2. The van der Waals surface area contributed by atoms with E-state index in [-0.39, 0.29) is 17.3 Å². The van der Waals surface area contributed by atoms with Crippen LogP contribution < -0.4 is 14.8 Å². The van der Waals surface area contributed by atoms with Crippen molar-refractivity contribution in [3.05, 3.63) is 46.9 Å². The molecule has 10 heteroatoms. The molecule has 0 bridgehead atoms. The van der Waals surface area contributed by atoms with Gasteiger partial charge >= 0.3 is 0 Å². The molecule has 1 aliphatic heterocycles. The Morgan fingerprint density at radius 3 is 2.39 bits per heavy atom. The van der Waals surface area contributed by atoms with Crippen molar-refractivity contribution < 1.29 is 22.7 Å². The van der Waals surface area contributed by atoms with E-state index in [1.165, 1.54) is 11.4 Å². The van der Waals surface area contributed by atoms with E-state index in [4.69, 9.17) is 9.47 Å². The van der Waals surface area contributed by atoms with Crippen LogP contribution >= 0.6 is 15.9 Å². The summed E-state index contributed by atoms with van der Waals surface area (Å²) in [5, 5.41) is 2.86. The van der Waals surface area contributed by atoms with Crippen LogP contribution in [-0.2, 0) is 14.8 Å². The molecule has 1 fully saturated rings. The largest absolute Gasteiger partial charge is 0.493 e. The molecule has 0 saturated carbocycles. The number of benzene rings is 2. The number of ether oxygens (including phenoxy) is 2. The van der Waals surface area contributed by atoms with E-state index in [2.05, 4.69) is 21.2 Å². The maximum Gasteiger partial charge on any atom is 0.243 e. The Kier molecular flexibility index (Phi) is 7.93. The zero-order valence-corrected chi connectivity index (χ0v) is 19.9. The van der Waals surface area contributed by atoms with E-state index in [0.717, 1.165) is 4.47 Å². The third-order valence-electron chi connectivity index (χ3n) is 5.03. The van der Waals surface area contributed by atoms with Gasteiger partial charge in [-0.1, -0.05) is 15.9 Å². The number of anilines is 1. The van der Waals surface area contributed by atoms with Crippen LogP contribution in [0, 0.1) is 0 Å². The summed E-state index contributed by atoms with van der Waals surface area (Å²) in [4.78, 5) is 14.8. The molecule has 0 radical (unpaired) electrons. The first-order valence-corrected chi connectivity index (χ1v) is 12.1. The molecule has 0 spiro atoms. The fourth-order valence-corrected chi connectivity index (χ4v) is 5.15. The number of halogens is 1. The highest BCUT2D eigenvalue weighted by molar-refractivity contribution is 9.10. The van der Waals surface area contributed by atoms with Crippen molar-refractivity contribution in [1.29, 1.82) is 0 Å². The number of nitrogens with zero attached hydrogens (tertiary/aromatic N) is 2. The van der Waals surface area contributed by atoms with Crippen molar-refractivity contribution in [3.8, 4) is 11.5 Å². The first kappa shape index (κ1) is 23.5. The Morgan fingerprint density at radius 2 is 1.71 bits per heavy atom. The van der Waals surface area contributed by atoms with Gasteiger partial charge < -0.3 is 14.8 Å². The predicted octanol–water partition coefficient (Wildman–Crippen LogP) is 2.80. The van der Waals surface area contributed by atoms with Gasteiger partial charge in [0.25, 0.3) is 0 Å². The van der Waals surface area contributed by atoms with Crippen LogP contribution in [0.25, 0.3) is 0 Å². The molecule has 1 N–H and O–H groups in total. The number of amides is 1. The standard InChI is InChI=1S/C21H26BrN3O5S/c1-29-19-9-6-17(14-20(19)30-2)23-21(26)15-24-10-3-11-25(13-12-24)31(27,28)18-7-4-16(22)5-8-18/h4-9,14H,3,10-13,15H2,1-2H3,(H,23,26). The summed E-state index contributed by atoms with van der Waals surface area (Å²) in [6.07, 6.45) is 0.652. The monoisotopic (exact) mass is 511 g/mol. The van der Waals surface area contributed by atoms with Crippen LogP contribution in [0.2, 0.25) is 0 Å². The number of carbonyl (C=O) groups is 1. The van der Waals surface area contributed by atoms with Gasteiger partial charge in [0.05, 0.1) is 25.7 Å². The van der Waals surface area contributed by atoms with Gasteiger partial charge in [-0.15, -0.1) is 0 Å². The molecule has 0 unspecified atom stereocenters. The molecule has 1 heterocycles. The van der Waals surface area contributed by atoms with E-state index in [0.29, 0.717) is 49.8 Å². The smallest absolute Gasteiger partial charge is 0.243 e. The number of nitrogens with one attached hydrogen (secondary N) is 1. The molecule has 8 nitrogen and oxygen atoms in total. The van der Waals surface area contributed by atoms with Crippen LogP contribution in [0.4, 0.5) is 5.69 Å². The molecule has 2 aromatic rings. The topological polar surface area (TPSA) is 88.2 Å². The van der Waals surface area contributed by atoms with Gasteiger partial charge in [-0.25, -0.2) is 8.42 Å². The van der Waals surface area contributed by atoms with Gasteiger partial charge in [-0.2, -0.15) is 4.31 Å². The lowest BCUT2D eigenvalue weighted by atomic mass is 10.2. The summed E-state index contributed by atoms with van der Waals surface area (Å²) >= 11 is 3.32. The van der Waals surface area contributed by atoms with E-state index >= 15 is 0 Å². The van der Waals surface area contributed by atoms with Crippen LogP contribution in [0.3, 0.4) is 0 Å². The maximum absolute atomic E-state index is 12.9. The summed E-state index contributed by atoms with van der Waals surface area (Å²) in [5.74, 6) is 0.945. The summed E-state index contributed by atoms with van der Waals surface area (Å²) in [6, 6.07) is 11.8. The van der Waals surface area contributed by atoms with Gasteiger partial charge in [0, 0.05) is 35.9 Å². The average molecular weight is 512 g/mol. The van der Waals surface area contributed by atoms with Gasteiger partial charge in [0.15, 0.2) is 11.5 Å². The molecule has 168 valence electrons. The third-order valence-corrected chi connectivity index (χ3v) is 7.47. The second-order valence-electron chi connectivity index (χ2n) is 7.11. The van der Waals surface area contributed by atoms with Crippen LogP contribution in [0.1, 0.15) is 6.42 Å². The van der Waals surface area contributed by atoms with Crippen molar-refractivity contribution in [1.82, 2.24) is 9.21 Å². The fraction of sp³-hybridized carbons (Fsp3) is 0.381. The van der Waals surface area contributed by atoms with Gasteiger partial charge in [0.1, 0.15) is 0 Å². The molecule has 0 aromatic heterocycles. The fourth-order valence-electron chi connectivity index (χ4n) is 3.42. The number of rotatable bonds is 7. The van der Waals surface area contributed by atoms with Crippen molar-refractivity contribution in [3.63, 3.8) is 0 Å². The average Bonchev–Trinajstić information content (AvgIpc) is 3.00. The molecular formula is C21H26BrN3O5S. The van der Waals surface area contributed by atoms with Gasteiger partial charge in [-0.05, 0) is 49.4 Å². The Bertz CT molecular complexity index is 1010. The highest BCUT2D eigenvalue weighted by Crippen LogP contribution is 2.29. The van der Waals surface area contributed by atoms with Crippen LogP contribution in [-0.4, -0.2) is 70.5 Å². The van der Waals surface area contributed by atoms with Crippen molar-refractivity contribution >= 4 is 37.5 Å². The van der Waals surface area contributed by atoms with Crippen LogP contribution in [0.5, 0.6) is 11.5 Å². The highest BCUT2D eigenvalue weighted by atomic mass is 79.9. The Balaban J connectivity index is 1.58. The van der Waals surface area contributed by atoms with E-state index in [1.54, 1.807) is 49.6 Å². The van der Waals surface area contributed by atoms with E-state index in [1.807, 2.05) is 4.90 Å². The molecule has 31 heavy (non-hydrogen) atoms. The Labute approximate surface area is 191 Å². The molecule has 0 aliphatic carbocycles. The normalized spacial score (nSPS) is 15.8. The molecule has 2 aromatic carbocycles. The SMILES string of the molecule is COc1ccc(NC(=O)CN2CCCN(S(=O)(=O)c3ccc(Br)cc3)CC2)cc1OC. The summed E-state index contributed by atoms with van der Waals surface area (Å²) in [5.41, 5.74) is 0.608. The summed E-state index contributed by atoms with van der Waals surface area (Å²) in [6.45, 7) is 2.07. The van der Waals surface area contributed by atoms with E-state index in [9.17, 15) is 13.2 Å². The minimum absolute atomic E-state index is 0.170. The van der Waals surface area contributed by atoms with Crippen molar-refractivity contribution in [2.24, 2.45) is 0 Å². The van der Waals surface area contributed by atoms with Crippen LogP contribution in [0.15, 0.2) is 51.8 Å². The molecule has 0 atom stereocenters. The number of carbonyl (C=O) groups excluding carboxylic acids is 1. The lowest BCUT2D eigenvalue weighted by molar-refractivity contribution is -0.117. The molecule has 1 amide bonds. The van der Waals surface area contributed by atoms with Gasteiger partial charge in [0.2, 0.25) is 15.9 Å². The minimum Gasteiger partial charge on any atom is -0.493 e. The lowest BCUT2D eigenvalue weighted by Gasteiger charge is -2.21. The zero-order valence-electron chi connectivity index (χ0n) is 17.5. The maximum atomic E-state index is 12.9. The number of hydrogen-bond acceptors (Lipinski definition) is 6. The zero-order chi connectivity index (χ0) is 22.4. The first-order valence-electron chi connectivity index (χ1n) is 9.83. The summed E-state index contributed by atoms with van der Waals surface area (Å²) in [7, 11) is -0.470. The quantitative estimate of drug-likeness (QED) is 0.614. The van der Waals surface area contributed by atoms with Gasteiger partial charge in [-0.3, -0.25) is 9.69 Å². The second kappa shape index (κ2) is 10.4. The minimum atomic E-state index is -3.56. The first-order chi connectivity index (χ1) is 14.8. The lowest BCUT2D eigenvalue weighted by Crippen LogP contribution is -2.38. The molecule has 3 rings (SSSR count). The summed E-state index contributed by atoms with van der Waals surface area (Å²) < 4.78 is 38.6. The Morgan fingerprint density at radius 1 is 1.00 bits per heavy atom. The second-order valence-corrected chi connectivity index (χ2v) is 9.96. The molecular weight excluding hydrogens is 486 g/mol. The highest BCUT2D eigenvalue weighted by Gasteiger charge is 2.27. The number of sulfonamides is 1. The Hall–Kier alpha value is -2.14. The third kappa shape index (κ3) is 5.97.